The number of nitrogens with one attached hydrogen (secondary N) is 1. The van der Waals surface area contributed by atoms with Crippen LogP contribution < -0.4 is 20.5 Å². The fourth-order valence-corrected chi connectivity index (χ4v) is 4.51. The molecule has 0 aliphatic heterocycles. The fourth-order valence-electron chi connectivity index (χ4n) is 4.51. The van der Waals surface area contributed by atoms with Crippen molar-refractivity contribution >= 4 is 17.5 Å². The molecular formula is C27H25F4N3O6. The molecule has 40 heavy (non-hydrogen) atoms. The number of alkyl halides is 3. The van der Waals surface area contributed by atoms with Crippen molar-refractivity contribution in [3.63, 3.8) is 0 Å². The van der Waals surface area contributed by atoms with Gasteiger partial charge in [0.25, 0.3) is 11.8 Å². The molecule has 0 spiro atoms. The molecule has 212 valence electrons. The second-order valence-electron chi connectivity index (χ2n) is 9.11. The number of carbonyl (C=O) groups is 2. The summed E-state index contributed by atoms with van der Waals surface area (Å²) in [5.74, 6) is -4.87. The highest BCUT2D eigenvalue weighted by atomic mass is 19.4. The lowest BCUT2D eigenvalue weighted by Crippen LogP contribution is -2.20. The monoisotopic (exact) mass is 563 g/mol. The topological polar surface area (TPSA) is 133 Å². The molecule has 0 bridgehead atoms. The van der Waals surface area contributed by atoms with E-state index in [0.717, 1.165) is 25.0 Å². The quantitative estimate of drug-likeness (QED) is 0.302. The van der Waals surface area contributed by atoms with Gasteiger partial charge in [-0.2, -0.15) is 0 Å². The number of nitrogens with two attached hydrogens (primary N) is 1. The maximum Gasteiger partial charge on any atom is 0.573 e. The van der Waals surface area contributed by atoms with E-state index in [2.05, 4.69) is 15.0 Å². The number of hydrogen-bond donors (Lipinski definition) is 3. The number of benzene rings is 2. The Hall–Kier alpha value is -4.39. The zero-order chi connectivity index (χ0) is 29.0. The first-order valence-corrected chi connectivity index (χ1v) is 12.1. The van der Waals surface area contributed by atoms with Crippen LogP contribution >= 0.6 is 0 Å². The Bertz CT molecular complexity index is 1410. The lowest BCUT2D eigenvalue weighted by atomic mass is 9.82. The number of carbonyl (C=O) groups excluding carboxylic acids is 2. The number of aromatic nitrogens is 1. The summed E-state index contributed by atoms with van der Waals surface area (Å²) < 4.78 is 68.1. The Morgan fingerprint density at radius 1 is 1.05 bits per heavy atom. The zero-order valence-electron chi connectivity index (χ0n) is 21.1. The minimum Gasteiger partial charge on any atom is -0.504 e. The van der Waals surface area contributed by atoms with Crippen molar-refractivity contribution in [3.05, 3.63) is 71.3 Å². The summed E-state index contributed by atoms with van der Waals surface area (Å²) in [6.45, 7) is 0. The molecule has 0 unspecified atom stereocenters. The van der Waals surface area contributed by atoms with Crippen LogP contribution in [0.25, 0.3) is 0 Å². The van der Waals surface area contributed by atoms with Crippen LogP contribution in [0.3, 0.4) is 0 Å². The standard InChI is InChI=1S/C27H25F4N3O6/c1-38-17-4-2-14(3-5-17)15-10-19(28)24(26(37)34-16-8-9-33-20(12-16)25(32)36)23(11-15)39-22-7-6-18(13-21(22)35)40-27(29,30)31/h6-14,17,35H,2-5H2,1H3,(H2,32,36)(H,33,34,37). The predicted octanol–water partition coefficient (Wildman–Crippen LogP) is 5.64. The van der Waals surface area contributed by atoms with Crippen LogP contribution in [0, 0.1) is 5.82 Å². The molecule has 1 saturated carbocycles. The smallest absolute Gasteiger partial charge is 0.504 e. The third-order valence-corrected chi connectivity index (χ3v) is 6.44. The van der Waals surface area contributed by atoms with Crippen molar-refractivity contribution in [2.24, 2.45) is 5.73 Å². The Kier molecular flexibility index (Phi) is 8.43. The van der Waals surface area contributed by atoms with Gasteiger partial charge in [0.2, 0.25) is 0 Å². The molecule has 1 aliphatic carbocycles. The molecule has 1 fully saturated rings. The molecule has 13 heteroatoms. The van der Waals surface area contributed by atoms with Gasteiger partial charge in [0.1, 0.15) is 28.6 Å². The summed E-state index contributed by atoms with van der Waals surface area (Å²) >= 11 is 0. The number of pyridine rings is 1. The number of phenolic OH excluding ortho intramolecular Hbond substituents is 1. The van der Waals surface area contributed by atoms with E-state index in [9.17, 15) is 27.9 Å². The van der Waals surface area contributed by atoms with Crippen LogP contribution in [-0.2, 0) is 4.74 Å². The number of methoxy groups -OCH3 is 1. The highest BCUT2D eigenvalue weighted by Gasteiger charge is 2.32. The summed E-state index contributed by atoms with van der Waals surface area (Å²) in [6.07, 6.45) is -0.817. The summed E-state index contributed by atoms with van der Waals surface area (Å²) in [4.78, 5) is 28.4. The van der Waals surface area contributed by atoms with E-state index in [1.165, 1.54) is 30.5 Å². The second kappa shape index (κ2) is 11.8. The van der Waals surface area contributed by atoms with Crippen LogP contribution in [0.1, 0.15) is 58.0 Å². The molecular weight excluding hydrogens is 538 g/mol. The van der Waals surface area contributed by atoms with Gasteiger partial charge in [-0.25, -0.2) is 4.39 Å². The van der Waals surface area contributed by atoms with Gasteiger partial charge in [0.15, 0.2) is 11.5 Å². The Balaban J connectivity index is 1.69. The number of primary amides is 1. The molecule has 2 aromatic carbocycles. The van der Waals surface area contributed by atoms with E-state index >= 15 is 4.39 Å². The van der Waals surface area contributed by atoms with Gasteiger partial charge in [-0.05, 0) is 73.6 Å². The number of halogens is 4. The van der Waals surface area contributed by atoms with Crippen molar-refractivity contribution in [2.45, 2.75) is 44.1 Å². The molecule has 4 N–H and O–H groups in total. The zero-order valence-corrected chi connectivity index (χ0v) is 21.1. The normalized spacial score (nSPS) is 17.2. The summed E-state index contributed by atoms with van der Waals surface area (Å²) in [5.41, 5.74) is 5.18. The minimum atomic E-state index is -4.99. The Labute approximate surface area is 225 Å². The number of nitrogens with zero attached hydrogens (tertiary/aromatic N) is 1. The van der Waals surface area contributed by atoms with Crippen LogP contribution in [0.5, 0.6) is 23.0 Å². The van der Waals surface area contributed by atoms with E-state index in [4.69, 9.17) is 15.2 Å². The van der Waals surface area contributed by atoms with Gasteiger partial charge in [0, 0.05) is 25.1 Å². The van der Waals surface area contributed by atoms with Gasteiger partial charge in [-0.15, -0.1) is 13.2 Å². The molecule has 4 rings (SSSR count). The molecule has 1 aliphatic rings. The van der Waals surface area contributed by atoms with Crippen molar-refractivity contribution < 1.29 is 46.5 Å². The van der Waals surface area contributed by atoms with Crippen molar-refractivity contribution in [1.82, 2.24) is 4.98 Å². The van der Waals surface area contributed by atoms with Crippen LogP contribution in [-0.4, -0.2) is 41.5 Å². The lowest BCUT2D eigenvalue weighted by molar-refractivity contribution is -0.274. The first-order chi connectivity index (χ1) is 18.9. The van der Waals surface area contributed by atoms with Crippen molar-refractivity contribution in [3.8, 4) is 23.0 Å². The summed E-state index contributed by atoms with van der Waals surface area (Å²) in [6, 6.07) is 7.81. The predicted molar refractivity (Wildman–Crippen MR) is 134 cm³/mol. The minimum absolute atomic E-state index is 0.0742. The lowest BCUT2D eigenvalue weighted by Gasteiger charge is -2.28. The van der Waals surface area contributed by atoms with E-state index in [1.54, 1.807) is 7.11 Å². The number of hydrogen-bond acceptors (Lipinski definition) is 7. The third-order valence-electron chi connectivity index (χ3n) is 6.44. The van der Waals surface area contributed by atoms with Gasteiger partial charge in [-0.1, -0.05) is 0 Å². The largest absolute Gasteiger partial charge is 0.573 e. The number of aromatic hydroxyl groups is 1. The van der Waals surface area contributed by atoms with Crippen LogP contribution in [0.2, 0.25) is 0 Å². The SMILES string of the molecule is COC1CCC(c2cc(F)c(C(=O)Nc3ccnc(C(N)=O)c3)c(Oc3ccc(OC(F)(F)F)cc3O)c2)CC1. The average Bonchev–Trinajstić information content (AvgIpc) is 2.89. The number of rotatable bonds is 8. The van der Waals surface area contributed by atoms with E-state index in [1.807, 2.05) is 0 Å². The third kappa shape index (κ3) is 6.97. The van der Waals surface area contributed by atoms with Gasteiger partial charge < -0.3 is 30.4 Å². The Morgan fingerprint density at radius 3 is 2.40 bits per heavy atom. The van der Waals surface area contributed by atoms with Gasteiger partial charge >= 0.3 is 6.36 Å². The first-order valence-electron chi connectivity index (χ1n) is 12.1. The molecule has 2 amide bonds. The molecule has 1 aromatic heterocycles. The second-order valence-corrected chi connectivity index (χ2v) is 9.11. The number of amides is 2. The number of phenols is 1. The molecule has 0 radical (unpaired) electrons. The maximum absolute atomic E-state index is 15.6. The number of anilines is 1. The Morgan fingerprint density at radius 2 is 1.77 bits per heavy atom. The molecule has 0 saturated heterocycles. The molecule has 0 atom stereocenters. The maximum atomic E-state index is 15.6. The van der Waals surface area contributed by atoms with Gasteiger partial charge in [0.05, 0.1) is 6.10 Å². The highest BCUT2D eigenvalue weighted by molar-refractivity contribution is 6.07. The highest BCUT2D eigenvalue weighted by Crippen LogP contribution is 2.41. The van der Waals surface area contributed by atoms with E-state index < -0.39 is 41.1 Å². The average molecular weight is 564 g/mol. The first kappa shape index (κ1) is 28.6. The van der Waals surface area contributed by atoms with E-state index in [0.29, 0.717) is 24.5 Å². The summed E-state index contributed by atoms with van der Waals surface area (Å²) in [7, 11) is 1.62. The van der Waals surface area contributed by atoms with E-state index in [-0.39, 0.29) is 34.9 Å². The van der Waals surface area contributed by atoms with Gasteiger partial charge in [-0.3, -0.25) is 14.6 Å². The summed E-state index contributed by atoms with van der Waals surface area (Å²) in [5, 5.41) is 12.8. The van der Waals surface area contributed by atoms with Crippen molar-refractivity contribution in [1.29, 1.82) is 0 Å². The fraction of sp³-hybridized carbons (Fsp3) is 0.296. The van der Waals surface area contributed by atoms with Crippen LogP contribution in [0.4, 0.5) is 23.2 Å². The molecule has 3 aromatic rings. The molecule has 9 nitrogen and oxygen atoms in total. The number of ether oxygens (including phenoxy) is 3. The van der Waals surface area contributed by atoms with Crippen LogP contribution in [0.15, 0.2) is 48.7 Å². The van der Waals surface area contributed by atoms with Crippen molar-refractivity contribution in [2.75, 3.05) is 12.4 Å². The molecule has 1 heterocycles.